The molecule has 1 amide bonds. The predicted molar refractivity (Wildman–Crippen MR) is 113 cm³/mol. The van der Waals surface area contributed by atoms with Crippen LogP contribution in [0.4, 0.5) is 8.78 Å². The Morgan fingerprint density at radius 1 is 1.13 bits per heavy atom. The molecule has 0 bridgehead atoms. The summed E-state index contributed by atoms with van der Waals surface area (Å²) in [7, 11) is 0. The summed E-state index contributed by atoms with van der Waals surface area (Å²) < 4.78 is 30.4. The fourth-order valence-electron chi connectivity index (χ4n) is 3.32. The zero-order valence-corrected chi connectivity index (χ0v) is 17.5. The van der Waals surface area contributed by atoms with Crippen molar-refractivity contribution in [1.29, 1.82) is 0 Å². The first kappa shape index (κ1) is 20.7. The summed E-state index contributed by atoms with van der Waals surface area (Å²) >= 11 is 5.91. The third-order valence-corrected chi connectivity index (χ3v) is 5.09. The van der Waals surface area contributed by atoms with Gasteiger partial charge in [-0.05, 0) is 50.2 Å². The molecule has 158 valence electrons. The van der Waals surface area contributed by atoms with E-state index in [9.17, 15) is 13.6 Å². The van der Waals surface area contributed by atoms with Crippen LogP contribution in [-0.2, 0) is 6.54 Å². The van der Waals surface area contributed by atoms with Gasteiger partial charge in [0.1, 0.15) is 11.5 Å². The maximum Gasteiger partial charge on any atom is 0.255 e. The summed E-state index contributed by atoms with van der Waals surface area (Å²) in [5.41, 5.74) is 2.96. The van der Waals surface area contributed by atoms with Crippen LogP contribution in [0.15, 0.2) is 54.9 Å². The number of carbonyl (C=O) groups excluding carboxylic acids is 1. The van der Waals surface area contributed by atoms with Crippen LogP contribution >= 0.6 is 11.6 Å². The number of halogens is 3. The van der Waals surface area contributed by atoms with Crippen LogP contribution in [0.3, 0.4) is 0 Å². The average Bonchev–Trinajstić information content (AvgIpc) is 3.31. The monoisotopic (exact) mass is 441 g/mol. The minimum absolute atomic E-state index is 0.0743. The van der Waals surface area contributed by atoms with E-state index >= 15 is 0 Å². The molecule has 2 heterocycles. The number of aromatic nitrogens is 4. The zero-order chi connectivity index (χ0) is 22.1. The molecule has 6 nitrogen and oxygen atoms in total. The first-order valence-electron chi connectivity index (χ1n) is 9.43. The highest BCUT2D eigenvalue weighted by molar-refractivity contribution is 6.30. The summed E-state index contributed by atoms with van der Waals surface area (Å²) in [5, 5.41) is 12.0. The molecule has 0 spiro atoms. The van der Waals surface area contributed by atoms with Gasteiger partial charge in [0, 0.05) is 29.4 Å². The van der Waals surface area contributed by atoms with E-state index in [1.54, 1.807) is 43.1 Å². The molecule has 4 aromatic rings. The van der Waals surface area contributed by atoms with E-state index in [4.69, 9.17) is 11.6 Å². The second-order valence-electron chi connectivity index (χ2n) is 7.01. The predicted octanol–water partition coefficient (Wildman–Crippen LogP) is 4.54. The van der Waals surface area contributed by atoms with E-state index in [0.29, 0.717) is 22.0 Å². The second-order valence-corrected chi connectivity index (χ2v) is 7.44. The van der Waals surface area contributed by atoms with E-state index < -0.39 is 11.6 Å². The Bertz CT molecular complexity index is 1260. The Labute approximate surface area is 182 Å². The molecule has 31 heavy (non-hydrogen) atoms. The molecular weight excluding hydrogens is 424 g/mol. The van der Waals surface area contributed by atoms with Crippen molar-refractivity contribution < 1.29 is 13.6 Å². The number of aryl methyl sites for hydroxylation is 1. The van der Waals surface area contributed by atoms with E-state index in [-0.39, 0.29) is 18.1 Å². The number of nitrogens with one attached hydrogen (secondary N) is 1. The molecule has 0 unspecified atom stereocenters. The summed E-state index contributed by atoms with van der Waals surface area (Å²) in [5.74, 6) is -1.78. The van der Waals surface area contributed by atoms with Gasteiger partial charge in [-0.1, -0.05) is 11.6 Å². The van der Waals surface area contributed by atoms with Gasteiger partial charge in [-0.25, -0.2) is 18.1 Å². The molecule has 0 saturated carbocycles. The Hall–Kier alpha value is -3.52. The highest BCUT2D eigenvalue weighted by Gasteiger charge is 2.21. The Kier molecular flexibility index (Phi) is 5.56. The van der Waals surface area contributed by atoms with Crippen LogP contribution in [0.2, 0.25) is 5.02 Å². The quantitative estimate of drug-likeness (QED) is 0.494. The molecule has 2 aromatic carbocycles. The van der Waals surface area contributed by atoms with Crippen LogP contribution in [-0.4, -0.2) is 25.5 Å². The highest BCUT2D eigenvalue weighted by Crippen LogP contribution is 2.21. The second kappa shape index (κ2) is 8.31. The van der Waals surface area contributed by atoms with Crippen molar-refractivity contribution in [2.24, 2.45) is 0 Å². The van der Waals surface area contributed by atoms with E-state index in [1.165, 1.54) is 10.7 Å². The molecule has 4 rings (SSSR count). The topological polar surface area (TPSA) is 64.7 Å². The number of nitrogens with zero attached hydrogens (tertiary/aromatic N) is 4. The van der Waals surface area contributed by atoms with Gasteiger partial charge in [0.15, 0.2) is 5.82 Å². The number of hydrogen-bond donors (Lipinski definition) is 1. The summed E-state index contributed by atoms with van der Waals surface area (Å²) in [4.78, 5) is 12.8. The van der Waals surface area contributed by atoms with Gasteiger partial charge in [0.05, 0.1) is 28.8 Å². The van der Waals surface area contributed by atoms with Gasteiger partial charge in [0.25, 0.3) is 5.91 Å². The lowest BCUT2D eigenvalue weighted by molar-refractivity contribution is 0.0949. The van der Waals surface area contributed by atoms with Gasteiger partial charge < -0.3 is 5.32 Å². The SMILES string of the molecule is Cc1nn(-c2ccc(F)cc2F)c(C)c1C(=O)NCc1cnn(-c2ccc(Cl)cc2)c1. The van der Waals surface area contributed by atoms with Crippen LogP contribution in [0.25, 0.3) is 11.4 Å². The Balaban J connectivity index is 1.51. The third kappa shape index (κ3) is 4.20. The first-order valence-corrected chi connectivity index (χ1v) is 9.80. The number of amides is 1. The largest absolute Gasteiger partial charge is 0.348 e. The maximum atomic E-state index is 14.2. The number of benzene rings is 2. The molecule has 2 aromatic heterocycles. The standard InChI is InChI=1S/C22H18ClF2N5O/c1-13-21(14(2)30(28-13)20-8-5-17(24)9-19(20)25)22(31)26-10-15-11-27-29(12-15)18-6-3-16(23)4-7-18/h3-9,11-12H,10H2,1-2H3,(H,26,31). The van der Waals surface area contributed by atoms with Crippen LogP contribution in [0, 0.1) is 25.5 Å². The van der Waals surface area contributed by atoms with Gasteiger partial charge in [0.2, 0.25) is 0 Å². The minimum atomic E-state index is -0.757. The van der Waals surface area contributed by atoms with Gasteiger partial charge >= 0.3 is 0 Å². The normalized spacial score (nSPS) is 11.0. The number of carbonyl (C=O) groups is 1. The molecule has 0 radical (unpaired) electrons. The molecule has 1 N–H and O–H groups in total. The van der Waals surface area contributed by atoms with Crippen molar-refractivity contribution in [3.8, 4) is 11.4 Å². The van der Waals surface area contributed by atoms with Crippen molar-refractivity contribution >= 4 is 17.5 Å². The molecule has 9 heteroatoms. The van der Waals surface area contributed by atoms with Crippen molar-refractivity contribution in [2.45, 2.75) is 20.4 Å². The third-order valence-electron chi connectivity index (χ3n) is 4.84. The van der Waals surface area contributed by atoms with Crippen LogP contribution < -0.4 is 5.32 Å². The van der Waals surface area contributed by atoms with E-state index in [1.807, 2.05) is 12.1 Å². The van der Waals surface area contributed by atoms with Crippen molar-refractivity contribution in [2.75, 3.05) is 0 Å². The fourth-order valence-corrected chi connectivity index (χ4v) is 3.44. The molecule has 0 saturated heterocycles. The van der Waals surface area contributed by atoms with Crippen LogP contribution in [0.5, 0.6) is 0 Å². The molecule has 0 aliphatic rings. The highest BCUT2D eigenvalue weighted by atomic mass is 35.5. The van der Waals surface area contributed by atoms with Crippen molar-refractivity contribution in [3.05, 3.63) is 94.0 Å². The average molecular weight is 442 g/mol. The van der Waals surface area contributed by atoms with E-state index in [0.717, 1.165) is 23.4 Å². The minimum Gasteiger partial charge on any atom is -0.348 e. The zero-order valence-electron chi connectivity index (χ0n) is 16.7. The first-order chi connectivity index (χ1) is 14.8. The lowest BCUT2D eigenvalue weighted by atomic mass is 10.1. The Morgan fingerprint density at radius 2 is 1.87 bits per heavy atom. The fraction of sp³-hybridized carbons (Fsp3) is 0.136. The molecule has 0 fully saturated rings. The lowest BCUT2D eigenvalue weighted by Gasteiger charge is -2.07. The smallest absolute Gasteiger partial charge is 0.255 e. The number of rotatable bonds is 5. The number of hydrogen-bond acceptors (Lipinski definition) is 3. The van der Waals surface area contributed by atoms with E-state index in [2.05, 4.69) is 15.5 Å². The summed E-state index contributed by atoms with van der Waals surface area (Å²) in [6.07, 6.45) is 3.46. The molecular formula is C22H18ClF2N5O. The maximum absolute atomic E-state index is 14.2. The summed E-state index contributed by atoms with van der Waals surface area (Å²) in [6.45, 7) is 3.58. The van der Waals surface area contributed by atoms with Gasteiger partial charge in [-0.3, -0.25) is 4.79 Å². The van der Waals surface area contributed by atoms with Gasteiger partial charge in [-0.15, -0.1) is 0 Å². The van der Waals surface area contributed by atoms with Crippen molar-refractivity contribution in [1.82, 2.24) is 24.9 Å². The molecule has 0 aliphatic heterocycles. The van der Waals surface area contributed by atoms with Gasteiger partial charge in [-0.2, -0.15) is 10.2 Å². The molecule has 0 aliphatic carbocycles. The molecule has 0 atom stereocenters. The van der Waals surface area contributed by atoms with Crippen LogP contribution in [0.1, 0.15) is 27.3 Å². The lowest BCUT2D eigenvalue weighted by Crippen LogP contribution is -2.24. The van der Waals surface area contributed by atoms with Crippen molar-refractivity contribution in [3.63, 3.8) is 0 Å². The Morgan fingerprint density at radius 3 is 2.58 bits per heavy atom. The summed E-state index contributed by atoms with van der Waals surface area (Å²) in [6, 6.07) is 10.4.